The predicted molar refractivity (Wildman–Crippen MR) is 96.7 cm³/mol. The Kier molecular flexibility index (Phi) is 7.33. The molecule has 0 spiro atoms. The van der Waals surface area contributed by atoms with Crippen LogP contribution in [0.3, 0.4) is 0 Å². The zero-order valence-corrected chi connectivity index (χ0v) is 15.5. The van der Waals surface area contributed by atoms with Crippen LogP contribution in [0.4, 0.5) is 5.69 Å². The molecule has 10 heteroatoms. The van der Waals surface area contributed by atoms with E-state index in [4.69, 9.17) is 0 Å². The van der Waals surface area contributed by atoms with Crippen LogP contribution in [0.2, 0.25) is 0 Å². The summed E-state index contributed by atoms with van der Waals surface area (Å²) in [6.45, 7) is 1.07. The smallest absolute Gasteiger partial charge is 0.272 e. The number of hydrogen-bond donors (Lipinski definition) is 2. The number of piperidine rings is 1. The summed E-state index contributed by atoms with van der Waals surface area (Å²) < 4.78 is 22.9. The molecule has 1 aromatic carbocycles. The van der Waals surface area contributed by atoms with Crippen LogP contribution in [-0.2, 0) is 21.1 Å². The Hall–Kier alpha value is -1.71. The lowest BCUT2D eigenvalue weighted by atomic mass is 9.95. The number of nitro benzene ring substituents is 1. The van der Waals surface area contributed by atoms with Crippen molar-refractivity contribution in [3.8, 4) is 0 Å². The van der Waals surface area contributed by atoms with Crippen LogP contribution >= 0.6 is 12.4 Å². The minimum Gasteiger partial charge on any atom is -0.354 e. The third kappa shape index (κ3) is 4.68. The van der Waals surface area contributed by atoms with E-state index in [2.05, 4.69) is 10.6 Å². The van der Waals surface area contributed by atoms with E-state index in [1.54, 1.807) is 18.2 Å². The first kappa shape index (κ1) is 21.3. The summed E-state index contributed by atoms with van der Waals surface area (Å²) in [6.07, 6.45) is 1.80. The number of benzene rings is 1. The molecule has 1 fully saturated rings. The van der Waals surface area contributed by atoms with Gasteiger partial charge in [0.15, 0.2) is 14.6 Å². The number of hydrogen-bond acceptors (Lipinski definition) is 6. The number of amides is 1. The van der Waals surface area contributed by atoms with Crippen LogP contribution in [0.5, 0.6) is 0 Å². The van der Waals surface area contributed by atoms with E-state index in [9.17, 15) is 23.3 Å². The van der Waals surface area contributed by atoms with E-state index < -0.39 is 25.4 Å². The van der Waals surface area contributed by atoms with Crippen LogP contribution in [0.25, 0.3) is 0 Å². The molecule has 2 rings (SSSR count). The maximum absolute atomic E-state index is 12.5. The first-order chi connectivity index (χ1) is 11.3. The number of nitro groups is 1. The molecule has 0 unspecified atom stereocenters. The van der Waals surface area contributed by atoms with Crippen molar-refractivity contribution in [3.05, 3.63) is 39.9 Å². The zero-order valence-electron chi connectivity index (χ0n) is 13.9. The molecule has 140 valence electrons. The molecule has 8 nitrogen and oxygen atoms in total. The highest BCUT2D eigenvalue weighted by atomic mass is 35.5. The normalized spacial score (nSPS) is 16.5. The van der Waals surface area contributed by atoms with Crippen LogP contribution in [0, 0.1) is 10.1 Å². The fourth-order valence-corrected chi connectivity index (χ4v) is 4.32. The van der Waals surface area contributed by atoms with Crippen molar-refractivity contribution in [2.75, 3.05) is 25.9 Å². The third-order valence-corrected chi connectivity index (χ3v) is 6.42. The van der Waals surface area contributed by atoms with Gasteiger partial charge in [0.1, 0.15) is 0 Å². The van der Waals surface area contributed by atoms with Gasteiger partial charge in [0.25, 0.3) is 5.69 Å². The van der Waals surface area contributed by atoms with E-state index in [1.165, 1.54) is 6.07 Å². The van der Waals surface area contributed by atoms with E-state index in [0.29, 0.717) is 18.7 Å². The highest BCUT2D eigenvalue weighted by Crippen LogP contribution is 2.28. The van der Waals surface area contributed by atoms with Crippen molar-refractivity contribution in [1.29, 1.82) is 0 Å². The fourth-order valence-electron chi connectivity index (χ4n) is 2.97. The van der Waals surface area contributed by atoms with Gasteiger partial charge in [0, 0.05) is 24.4 Å². The van der Waals surface area contributed by atoms with Gasteiger partial charge < -0.3 is 10.6 Å². The quantitative estimate of drug-likeness (QED) is 0.548. The molecule has 1 aliphatic heterocycles. The SMILES string of the molecule is CS(=O)(=O)C1(C(=O)NCCc2ccccc2[N+](=O)[O-])CCNCC1.Cl. The van der Waals surface area contributed by atoms with Gasteiger partial charge in [-0.3, -0.25) is 14.9 Å². The maximum Gasteiger partial charge on any atom is 0.272 e. The Morgan fingerprint density at radius 1 is 1.32 bits per heavy atom. The second-order valence-electron chi connectivity index (χ2n) is 5.91. The minimum atomic E-state index is -3.56. The van der Waals surface area contributed by atoms with Crippen molar-refractivity contribution < 1.29 is 18.1 Å². The number of sulfone groups is 1. The number of carbonyl (C=O) groups is 1. The molecule has 2 N–H and O–H groups in total. The Morgan fingerprint density at radius 3 is 2.48 bits per heavy atom. The Morgan fingerprint density at radius 2 is 1.92 bits per heavy atom. The molecule has 1 amide bonds. The molecule has 1 aromatic rings. The largest absolute Gasteiger partial charge is 0.354 e. The molecular formula is C15H22ClN3O5S. The summed E-state index contributed by atoms with van der Waals surface area (Å²) in [6, 6.07) is 6.30. The van der Waals surface area contributed by atoms with E-state index in [0.717, 1.165) is 6.26 Å². The van der Waals surface area contributed by atoms with E-state index >= 15 is 0 Å². The summed E-state index contributed by atoms with van der Waals surface area (Å²) in [5, 5.41) is 16.7. The van der Waals surface area contributed by atoms with Gasteiger partial charge >= 0.3 is 0 Å². The van der Waals surface area contributed by atoms with E-state index in [-0.39, 0.29) is 43.9 Å². The highest BCUT2D eigenvalue weighted by molar-refractivity contribution is 7.92. The summed E-state index contributed by atoms with van der Waals surface area (Å²) in [5.74, 6) is -0.523. The predicted octanol–water partition coefficient (Wildman–Crippen LogP) is 0.842. The van der Waals surface area contributed by atoms with Crippen LogP contribution in [-0.4, -0.2) is 49.9 Å². The number of nitrogens with zero attached hydrogens (tertiary/aromatic N) is 1. The average Bonchev–Trinajstić information content (AvgIpc) is 2.54. The van der Waals surface area contributed by atoms with E-state index in [1.807, 2.05) is 0 Å². The summed E-state index contributed by atoms with van der Waals surface area (Å²) >= 11 is 0. The summed E-state index contributed by atoms with van der Waals surface area (Å²) in [4.78, 5) is 23.0. The molecular weight excluding hydrogens is 370 g/mol. The Balaban J connectivity index is 0.00000312. The number of halogens is 1. The highest BCUT2D eigenvalue weighted by Gasteiger charge is 2.48. The monoisotopic (exact) mass is 391 g/mol. The molecule has 0 radical (unpaired) electrons. The minimum absolute atomic E-state index is 0. The number of carbonyl (C=O) groups excluding carboxylic acids is 1. The van der Waals surface area contributed by atoms with Crippen LogP contribution < -0.4 is 10.6 Å². The lowest BCUT2D eigenvalue weighted by molar-refractivity contribution is -0.385. The molecule has 0 aliphatic carbocycles. The van der Waals surface area contributed by atoms with Gasteiger partial charge in [0.05, 0.1) is 4.92 Å². The molecule has 1 heterocycles. The molecule has 0 aromatic heterocycles. The second kappa shape index (κ2) is 8.59. The van der Waals surface area contributed by atoms with Gasteiger partial charge in [-0.25, -0.2) is 8.42 Å². The van der Waals surface area contributed by atoms with Crippen LogP contribution in [0.15, 0.2) is 24.3 Å². The Labute approximate surface area is 152 Å². The standard InChI is InChI=1S/C15H21N3O5S.ClH/c1-24(22,23)15(7-10-16-11-8-15)14(19)17-9-6-12-4-2-3-5-13(12)18(20)21;/h2-5,16H,6-11H2,1H3,(H,17,19);1H. The van der Waals surface area contributed by atoms with Crippen molar-refractivity contribution in [2.24, 2.45) is 0 Å². The fraction of sp³-hybridized carbons (Fsp3) is 0.533. The number of nitrogens with one attached hydrogen (secondary N) is 2. The molecule has 25 heavy (non-hydrogen) atoms. The van der Waals surface area contributed by atoms with Gasteiger partial charge in [0.2, 0.25) is 5.91 Å². The zero-order chi connectivity index (χ0) is 17.8. The molecule has 1 saturated heterocycles. The molecule has 1 aliphatic rings. The molecule has 0 bridgehead atoms. The van der Waals surface area contributed by atoms with Crippen molar-refractivity contribution in [2.45, 2.75) is 24.0 Å². The summed E-state index contributed by atoms with van der Waals surface area (Å²) in [7, 11) is -3.56. The Bertz CT molecular complexity index is 732. The van der Waals surface area contributed by atoms with Crippen LogP contribution in [0.1, 0.15) is 18.4 Å². The second-order valence-corrected chi connectivity index (χ2v) is 8.23. The summed E-state index contributed by atoms with van der Waals surface area (Å²) in [5.41, 5.74) is 0.493. The third-order valence-electron chi connectivity index (χ3n) is 4.40. The number of rotatable bonds is 6. The first-order valence-electron chi connectivity index (χ1n) is 7.69. The van der Waals surface area contributed by atoms with Gasteiger partial charge in [-0.05, 0) is 32.4 Å². The van der Waals surface area contributed by atoms with Crippen molar-refractivity contribution in [3.63, 3.8) is 0 Å². The van der Waals surface area contributed by atoms with Crippen molar-refractivity contribution >= 4 is 33.8 Å². The van der Waals surface area contributed by atoms with Gasteiger partial charge in [-0.15, -0.1) is 12.4 Å². The molecule has 0 saturated carbocycles. The maximum atomic E-state index is 12.5. The number of para-hydroxylation sites is 1. The lowest BCUT2D eigenvalue weighted by Gasteiger charge is -2.34. The topological polar surface area (TPSA) is 118 Å². The van der Waals surface area contributed by atoms with Gasteiger partial charge in [-0.1, -0.05) is 18.2 Å². The lowest BCUT2D eigenvalue weighted by Crippen LogP contribution is -2.57. The first-order valence-corrected chi connectivity index (χ1v) is 9.58. The average molecular weight is 392 g/mol. The van der Waals surface area contributed by atoms with Crippen molar-refractivity contribution in [1.82, 2.24) is 10.6 Å². The molecule has 0 atom stereocenters. The van der Waals surface area contributed by atoms with Gasteiger partial charge in [-0.2, -0.15) is 0 Å².